The van der Waals surface area contributed by atoms with E-state index in [4.69, 9.17) is 11.6 Å². The fraction of sp³-hybridized carbons (Fsp3) is 0.353. The number of rotatable bonds is 4. The zero-order chi connectivity index (χ0) is 17.9. The van der Waals surface area contributed by atoms with Crippen LogP contribution in [0.3, 0.4) is 0 Å². The Morgan fingerprint density at radius 2 is 2.00 bits per heavy atom. The maximum Gasteiger partial charge on any atom is 0.252 e. The van der Waals surface area contributed by atoms with E-state index in [1.807, 2.05) is 12.3 Å². The van der Waals surface area contributed by atoms with E-state index in [-0.39, 0.29) is 24.2 Å². The average molecular weight is 398 g/mol. The van der Waals surface area contributed by atoms with Gasteiger partial charge in [0, 0.05) is 25.0 Å². The van der Waals surface area contributed by atoms with E-state index in [2.05, 4.69) is 21.0 Å². The smallest absolute Gasteiger partial charge is 0.252 e. The number of nitrogens with zero attached hydrogens (tertiary/aromatic N) is 2. The van der Waals surface area contributed by atoms with Gasteiger partial charge in [-0.2, -0.15) is 5.10 Å². The van der Waals surface area contributed by atoms with Gasteiger partial charge < -0.3 is 16.0 Å². The highest BCUT2D eigenvalue weighted by molar-refractivity contribution is 6.34. The van der Waals surface area contributed by atoms with Crippen molar-refractivity contribution in [3.8, 4) is 0 Å². The third kappa shape index (κ3) is 4.17. The molecule has 2 aromatic rings. The summed E-state index contributed by atoms with van der Waals surface area (Å²) in [5, 5.41) is 13.5. The lowest BCUT2D eigenvalue weighted by Crippen LogP contribution is -2.52. The molecule has 0 saturated carbocycles. The number of carbonyl (C=O) groups excluding carboxylic acids is 2. The lowest BCUT2D eigenvalue weighted by atomic mass is 9.87. The number of piperidine rings is 1. The summed E-state index contributed by atoms with van der Waals surface area (Å²) in [5.41, 5.74) is 0.346. The highest BCUT2D eigenvalue weighted by Gasteiger charge is 2.42. The summed E-state index contributed by atoms with van der Waals surface area (Å²) in [6.45, 7) is 2.90. The molecule has 3 rings (SSSR count). The topological polar surface area (TPSA) is 88.1 Å². The number of benzene rings is 1. The highest BCUT2D eigenvalue weighted by atomic mass is 35.5. The molecule has 3 N–H and O–H groups in total. The Labute approximate surface area is 162 Å². The minimum absolute atomic E-state index is 0. The quantitative estimate of drug-likeness (QED) is 0.739. The fourth-order valence-electron chi connectivity index (χ4n) is 3.06. The minimum atomic E-state index is -0.742. The number of hydrogen-bond acceptors (Lipinski definition) is 4. The predicted octanol–water partition coefficient (Wildman–Crippen LogP) is 2.63. The summed E-state index contributed by atoms with van der Waals surface area (Å²) < 4.78 is 1.72. The lowest BCUT2D eigenvalue weighted by molar-refractivity contribution is -0.126. The Morgan fingerprint density at radius 1 is 1.27 bits per heavy atom. The molecule has 0 spiro atoms. The Balaban J connectivity index is 0.00000243. The summed E-state index contributed by atoms with van der Waals surface area (Å²) in [5.74, 6) is -0.327. The minimum Gasteiger partial charge on any atom is -0.326 e. The van der Waals surface area contributed by atoms with Crippen LogP contribution in [0.4, 0.5) is 11.4 Å². The SMILES string of the molecule is CC(=O)Nc1ccc(NC(=O)C2(n3cccn3)CCNCC2)c(Cl)c1.Cl. The zero-order valence-electron chi connectivity index (χ0n) is 14.3. The Hall–Kier alpha value is -2.09. The number of anilines is 2. The van der Waals surface area contributed by atoms with E-state index >= 15 is 0 Å². The molecular formula is C17H21Cl2N5O2. The first-order chi connectivity index (χ1) is 12.0. The molecule has 140 valence electrons. The molecule has 0 unspecified atom stereocenters. The molecule has 0 bridgehead atoms. The molecule has 1 aromatic heterocycles. The molecule has 7 nitrogen and oxygen atoms in total. The second-order valence-electron chi connectivity index (χ2n) is 6.06. The third-order valence-electron chi connectivity index (χ3n) is 4.33. The van der Waals surface area contributed by atoms with Crippen molar-refractivity contribution in [3.05, 3.63) is 41.7 Å². The second-order valence-corrected chi connectivity index (χ2v) is 6.47. The Morgan fingerprint density at radius 3 is 2.58 bits per heavy atom. The summed E-state index contributed by atoms with van der Waals surface area (Å²) >= 11 is 6.27. The van der Waals surface area contributed by atoms with Gasteiger partial charge in [-0.3, -0.25) is 14.3 Å². The van der Waals surface area contributed by atoms with Crippen LogP contribution >= 0.6 is 24.0 Å². The van der Waals surface area contributed by atoms with Crippen LogP contribution in [0.2, 0.25) is 5.02 Å². The normalized spacial score (nSPS) is 15.6. The van der Waals surface area contributed by atoms with Gasteiger partial charge in [-0.25, -0.2) is 0 Å². The molecule has 1 aromatic carbocycles. The third-order valence-corrected chi connectivity index (χ3v) is 4.65. The maximum absolute atomic E-state index is 13.1. The first-order valence-electron chi connectivity index (χ1n) is 8.11. The van der Waals surface area contributed by atoms with Gasteiger partial charge >= 0.3 is 0 Å². The van der Waals surface area contributed by atoms with Crippen molar-refractivity contribution in [1.82, 2.24) is 15.1 Å². The summed E-state index contributed by atoms with van der Waals surface area (Å²) in [4.78, 5) is 24.2. The van der Waals surface area contributed by atoms with Gasteiger partial charge in [0.25, 0.3) is 5.91 Å². The first kappa shape index (κ1) is 20.2. The van der Waals surface area contributed by atoms with Crippen molar-refractivity contribution in [3.63, 3.8) is 0 Å². The van der Waals surface area contributed by atoms with Gasteiger partial charge in [0.05, 0.1) is 10.7 Å². The van der Waals surface area contributed by atoms with Crippen molar-refractivity contribution >= 4 is 47.2 Å². The van der Waals surface area contributed by atoms with E-state index in [1.165, 1.54) is 6.92 Å². The van der Waals surface area contributed by atoms with Gasteiger partial charge in [0.1, 0.15) is 5.54 Å². The van der Waals surface area contributed by atoms with Gasteiger partial charge in [0.15, 0.2) is 0 Å². The molecule has 1 saturated heterocycles. The number of amides is 2. The van der Waals surface area contributed by atoms with Gasteiger partial charge in [-0.1, -0.05) is 11.6 Å². The summed E-state index contributed by atoms with van der Waals surface area (Å²) in [6, 6.07) is 6.81. The second kappa shape index (κ2) is 8.53. The highest BCUT2D eigenvalue weighted by Crippen LogP contribution is 2.31. The first-order valence-corrected chi connectivity index (χ1v) is 8.48. The number of nitrogens with one attached hydrogen (secondary N) is 3. The lowest BCUT2D eigenvalue weighted by Gasteiger charge is -2.36. The molecule has 0 atom stereocenters. The van der Waals surface area contributed by atoms with E-state index < -0.39 is 5.54 Å². The van der Waals surface area contributed by atoms with Crippen LogP contribution in [0.25, 0.3) is 0 Å². The Bertz CT molecular complexity index is 773. The van der Waals surface area contributed by atoms with Gasteiger partial charge in [-0.15, -0.1) is 12.4 Å². The largest absolute Gasteiger partial charge is 0.326 e. The fourth-order valence-corrected chi connectivity index (χ4v) is 3.29. The van der Waals surface area contributed by atoms with Gasteiger partial charge in [-0.05, 0) is 50.2 Å². The Kier molecular flexibility index (Phi) is 6.63. The van der Waals surface area contributed by atoms with E-state index in [0.717, 1.165) is 13.1 Å². The number of halogens is 2. The monoisotopic (exact) mass is 397 g/mol. The molecule has 9 heteroatoms. The van der Waals surface area contributed by atoms with E-state index in [0.29, 0.717) is 29.2 Å². The number of hydrogen-bond donors (Lipinski definition) is 3. The van der Waals surface area contributed by atoms with E-state index in [1.54, 1.807) is 29.1 Å². The molecule has 1 aliphatic heterocycles. The zero-order valence-corrected chi connectivity index (χ0v) is 15.9. The van der Waals surface area contributed by atoms with Crippen LogP contribution in [0, 0.1) is 0 Å². The van der Waals surface area contributed by atoms with Crippen LogP contribution in [0.5, 0.6) is 0 Å². The maximum atomic E-state index is 13.1. The summed E-state index contributed by atoms with van der Waals surface area (Å²) in [7, 11) is 0. The molecule has 1 aliphatic rings. The number of aromatic nitrogens is 2. The van der Waals surface area contributed by atoms with Crippen LogP contribution < -0.4 is 16.0 Å². The van der Waals surface area contributed by atoms with Crippen LogP contribution in [-0.2, 0) is 15.1 Å². The van der Waals surface area contributed by atoms with Crippen molar-refractivity contribution in [1.29, 1.82) is 0 Å². The molecule has 0 aliphatic carbocycles. The van der Waals surface area contributed by atoms with Crippen LogP contribution in [-0.4, -0.2) is 34.7 Å². The molecule has 2 amide bonds. The van der Waals surface area contributed by atoms with Crippen molar-refractivity contribution in [2.45, 2.75) is 25.3 Å². The average Bonchev–Trinajstić information content (AvgIpc) is 3.12. The number of carbonyl (C=O) groups is 2. The molecular weight excluding hydrogens is 377 g/mol. The van der Waals surface area contributed by atoms with Crippen molar-refractivity contribution < 1.29 is 9.59 Å². The standard InChI is InChI=1S/C17H20ClN5O2.ClH/c1-12(24)21-13-3-4-15(14(18)11-13)22-16(25)17(5-8-19-9-6-17)23-10-2-7-20-23;/h2-4,7,10-11,19H,5-6,8-9H2,1H3,(H,21,24)(H,22,25);1H. The molecule has 0 radical (unpaired) electrons. The molecule has 2 heterocycles. The van der Waals surface area contributed by atoms with E-state index in [9.17, 15) is 9.59 Å². The van der Waals surface area contributed by atoms with Crippen LogP contribution in [0.15, 0.2) is 36.7 Å². The molecule has 1 fully saturated rings. The molecule has 26 heavy (non-hydrogen) atoms. The summed E-state index contributed by atoms with van der Waals surface area (Å²) in [6.07, 6.45) is 4.77. The van der Waals surface area contributed by atoms with Crippen molar-refractivity contribution in [2.24, 2.45) is 0 Å². The predicted molar refractivity (Wildman–Crippen MR) is 104 cm³/mol. The van der Waals surface area contributed by atoms with Gasteiger partial charge in [0.2, 0.25) is 5.91 Å². The van der Waals surface area contributed by atoms with Crippen molar-refractivity contribution in [2.75, 3.05) is 23.7 Å². The van der Waals surface area contributed by atoms with Crippen LogP contribution in [0.1, 0.15) is 19.8 Å².